The second-order valence-corrected chi connectivity index (χ2v) is 3.65. The van der Waals surface area contributed by atoms with E-state index < -0.39 is 11.9 Å². The minimum atomic E-state index is -0.991. The second kappa shape index (κ2) is 4.04. The molecule has 0 saturated carbocycles. The normalized spacial score (nSPS) is 12.7. The van der Waals surface area contributed by atoms with E-state index in [4.69, 9.17) is 11.6 Å². The smallest absolute Gasteiger partial charge is 0.129 e. The molecule has 0 aliphatic heterocycles. The predicted octanol–water partition coefficient (Wildman–Crippen LogP) is 2.89. The lowest BCUT2D eigenvalue weighted by Gasteiger charge is -2.10. The van der Waals surface area contributed by atoms with Gasteiger partial charge in [0.15, 0.2) is 0 Å². The summed E-state index contributed by atoms with van der Waals surface area (Å²) in [6.07, 6.45) is 2.29. The van der Waals surface area contributed by atoms with Gasteiger partial charge >= 0.3 is 0 Å². The highest BCUT2D eigenvalue weighted by Crippen LogP contribution is 2.26. The first kappa shape index (κ1) is 10.2. The molecule has 0 fully saturated rings. The average molecular weight is 226 g/mol. The summed E-state index contributed by atoms with van der Waals surface area (Å²) in [6.45, 7) is 0. The van der Waals surface area contributed by atoms with E-state index in [0.717, 1.165) is 0 Å². The van der Waals surface area contributed by atoms with Gasteiger partial charge in [-0.3, -0.25) is 0 Å². The number of hydrogen-bond acceptors (Lipinski definition) is 1. The van der Waals surface area contributed by atoms with Gasteiger partial charge in [0.1, 0.15) is 11.9 Å². The first-order valence-corrected chi connectivity index (χ1v) is 4.82. The minimum absolute atomic E-state index is 0.183. The van der Waals surface area contributed by atoms with Gasteiger partial charge in [0.25, 0.3) is 0 Å². The van der Waals surface area contributed by atoms with E-state index in [1.165, 1.54) is 18.2 Å². The third-order valence-corrected chi connectivity index (χ3v) is 2.43. The zero-order valence-corrected chi connectivity index (χ0v) is 8.50. The molecule has 0 aliphatic carbocycles. The van der Waals surface area contributed by atoms with Crippen molar-refractivity contribution in [1.29, 1.82) is 0 Å². The molecule has 0 bridgehead atoms. The number of nitrogens with one attached hydrogen (secondary N) is 1. The fraction of sp³-hybridized carbons (Fsp3) is 0.0909. The van der Waals surface area contributed by atoms with Crippen molar-refractivity contribution in [1.82, 2.24) is 4.98 Å². The van der Waals surface area contributed by atoms with Crippen LogP contribution >= 0.6 is 11.6 Å². The van der Waals surface area contributed by atoms with Gasteiger partial charge in [-0.1, -0.05) is 11.6 Å². The molecule has 0 aliphatic rings. The molecule has 0 spiro atoms. The van der Waals surface area contributed by atoms with Crippen LogP contribution < -0.4 is 0 Å². The van der Waals surface area contributed by atoms with Crippen LogP contribution in [-0.2, 0) is 0 Å². The number of hydrogen-bond donors (Lipinski definition) is 2. The maximum absolute atomic E-state index is 13.4. The molecular formula is C11H9ClFNO. The molecule has 1 unspecified atom stereocenters. The van der Waals surface area contributed by atoms with Gasteiger partial charge in [0.2, 0.25) is 0 Å². The Kier molecular flexibility index (Phi) is 2.75. The van der Waals surface area contributed by atoms with E-state index in [1.807, 2.05) is 0 Å². The van der Waals surface area contributed by atoms with Crippen molar-refractivity contribution in [3.05, 3.63) is 58.6 Å². The highest BCUT2D eigenvalue weighted by Gasteiger charge is 2.15. The van der Waals surface area contributed by atoms with Gasteiger partial charge in [-0.05, 0) is 24.3 Å². The van der Waals surface area contributed by atoms with Crippen molar-refractivity contribution in [2.75, 3.05) is 0 Å². The SMILES string of the molecule is OC(c1cc[nH]c1)c1cc(Cl)ccc1F. The molecule has 0 radical (unpaired) electrons. The molecule has 2 rings (SSSR count). The number of rotatable bonds is 2. The topological polar surface area (TPSA) is 36.0 Å². The Morgan fingerprint density at radius 1 is 1.33 bits per heavy atom. The summed E-state index contributed by atoms with van der Waals surface area (Å²) < 4.78 is 13.4. The van der Waals surface area contributed by atoms with E-state index in [9.17, 15) is 9.50 Å². The Bertz CT molecular complexity index is 456. The number of H-pyrrole nitrogens is 1. The average Bonchev–Trinajstić information content (AvgIpc) is 2.74. The molecule has 1 aromatic carbocycles. The summed E-state index contributed by atoms with van der Waals surface area (Å²) in [5.74, 6) is -0.465. The molecule has 2 aromatic rings. The van der Waals surface area contributed by atoms with Crippen molar-refractivity contribution >= 4 is 11.6 Å². The van der Waals surface area contributed by atoms with Crippen LogP contribution in [0.15, 0.2) is 36.7 Å². The standard InChI is InChI=1S/C11H9ClFNO/c12-8-1-2-10(13)9(5-8)11(15)7-3-4-14-6-7/h1-6,11,14-15H. The van der Waals surface area contributed by atoms with Crippen LogP contribution in [0.5, 0.6) is 0 Å². The quantitative estimate of drug-likeness (QED) is 0.810. The predicted molar refractivity (Wildman–Crippen MR) is 56.3 cm³/mol. The number of halogens is 2. The Hall–Kier alpha value is -1.32. The lowest BCUT2D eigenvalue weighted by atomic mass is 10.0. The van der Waals surface area contributed by atoms with Crippen LogP contribution in [0.2, 0.25) is 5.02 Å². The first-order valence-electron chi connectivity index (χ1n) is 4.44. The molecule has 1 aromatic heterocycles. The maximum atomic E-state index is 13.4. The zero-order valence-electron chi connectivity index (χ0n) is 7.74. The highest BCUT2D eigenvalue weighted by atomic mass is 35.5. The minimum Gasteiger partial charge on any atom is -0.383 e. The maximum Gasteiger partial charge on any atom is 0.129 e. The Morgan fingerprint density at radius 2 is 2.13 bits per heavy atom. The zero-order chi connectivity index (χ0) is 10.8. The molecule has 1 atom stereocenters. The molecule has 2 N–H and O–H groups in total. The number of aromatic nitrogens is 1. The molecule has 1 heterocycles. The summed E-state index contributed by atoms with van der Waals surface area (Å²) in [5.41, 5.74) is 0.790. The number of aliphatic hydroxyl groups is 1. The largest absolute Gasteiger partial charge is 0.383 e. The monoisotopic (exact) mass is 225 g/mol. The lowest BCUT2D eigenvalue weighted by molar-refractivity contribution is 0.215. The van der Waals surface area contributed by atoms with Crippen molar-refractivity contribution < 1.29 is 9.50 Å². The van der Waals surface area contributed by atoms with Crippen molar-refractivity contribution in [3.63, 3.8) is 0 Å². The van der Waals surface area contributed by atoms with Crippen LogP contribution in [0.4, 0.5) is 4.39 Å². The van der Waals surface area contributed by atoms with Crippen molar-refractivity contribution in [2.45, 2.75) is 6.10 Å². The van der Waals surface area contributed by atoms with Crippen molar-refractivity contribution in [3.8, 4) is 0 Å². The van der Waals surface area contributed by atoms with Gasteiger partial charge < -0.3 is 10.1 Å². The molecule has 0 saturated heterocycles. The number of aromatic amines is 1. The van der Waals surface area contributed by atoms with Gasteiger partial charge in [-0.25, -0.2) is 4.39 Å². The third kappa shape index (κ3) is 2.03. The third-order valence-electron chi connectivity index (χ3n) is 2.19. The molecule has 2 nitrogen and oxygen atoms in total. The van der Waals surface area contributed by atoms with E-state index in [-0.39, 0.29) is 5.56 Å². The van der Waals surface area contributed by atoms with Gasteiger partial charge in [0.05, 0.1) is 0 Å². The molecule has 0 amide bonds. The lowest BCUT2D eigenvalue weighted by Crippen LogP contribution is -2.01. The first-order chi connectivity index (χ1) is 7.18. The fourth-order valence-electron chi connectivity index (χ4n) is 1.41. The van der Waals surface area contributed by atoms with Crippen LogP contribution in [0.3, 0.4) is 0 Å². The number of benzene rings is 1. The summed E-state index contributed by atoms with van der Waals surface area (Å²) in [4.78, 5) is 2.80. The van der Waals surface area contributed by atoms with Crippen LogP contribution in [0, 0.1) is 5.82 Å². The Labute approximate surface area is 91.3 Å². The van der Waals surface area contributed by atoms with E-state index in [1.54, 1.807) is 18.5 Å². The van der Waals surface area contributed by atoms with Crippen LogP contribution in [0.25, 0.3) is 0 Å². The molecule has 4 heteroatoms. The van der Waals surface area contributed by atoms with Crippen LogP contribution in [-0.4, -0.2) is 10.1 Å². The molecular weight excluding hydrogens is 217 g/mol. The van der Waals surface area contributed by atoms with E-state index in [0.29, 0.717) is 10.6 Å². The van der Waals surface area contributed by atoms with Gasteiger partial charge in [-0.2, -0.15) is 0 Å². The Balaban J connectivity index is 2.41. The van der Waals surface area contributed by atoms with Crippen LogP contribution in [0.1, 0.15) is 17.2 Å². The van der Waals surface area contributed by atoms with Gasteiger partial charge in [-0.15, -0.1) is 0 Å². The summed E-state index contributed by atoms with van der Waals surface area (Å²) >= 11 is 5.74. The summed E-state index contributed by atoms with van der Waals surface area (Å²) in [5, 5.41) is 10.3. The highest BCUT2D eigenvalue weighted by molar-refractivity contribution is 6.30. The fourth-order valence-corrected chi connectivity index (χ4v) is 1.59. The van der Waals surface area contributed by atoms with Gasteiger partial charge in [0, 0.05) is 28.5 Å². The second-order valence-electron chi connectivity index (χ2n) is 3.21. The van der Waals surface area contributed by atoms with Crippen molar-refractivity contribution in [2.24, 2.45) is 0 Å². The molecule has 15 heavy (non-hydrogen) atoms. The van der Waals surface area contributed by atoms with E-state index >= 15 is 0 Å². The summed E-state index contributed by atoms with van der Waals surface area (Å²) in [6, 6.07) is 5.80. The molecule has 78 valence electrons. The Morgan fingerprint density at radius 3 is 2.80 bits per heavy atom. The summed E-state index contributed by atoms with van der Waals surface area (Å²) in [7, 11) is 0. The van der Waals surface area contributed by atoms with E-state index in [2.05, 4.69) is 4.98 Å². The number of aliphatic hydroxyl groups excluding tert-OH is 1.